The molecule has 0 aromatic carbocycles. The SMILES string of the molecule is CC1=CCCC23CC24CCC2(C)C(C(C)CC(=O)CC(C)C)CCC2(C)C4CCC13. The maximum Gasteiger partial charge on any atom is 0.133 e. The maximum atomic E-state index is 12.6. The number of carbonyl (C=O) groups is 1. The van der Waals surface area contributed by atoms with E-state index in [2.05, 4.69) is 47.6 Å². The molecule has 0 bridgehead atoms. The zero-order valence-corrected chi connectivity index (χ0v) is 20.7. The Morgan fingerprint density at radius 3 is 2.47 bits per heavy atom. The van der Waals surface area contributed by atoms with Crippen molar-refractivity contribution in [1.82, 2.24) is 0 Å². The largest absolute Gasteiger partial charge is 0.300 e. The highest BCUT2D eigenvalue weighted by Gasteiger charge is 2.80. The highest BCUT2D eigenvalue weighted by Crippen LogP contribution is 2.87. The van der Waals surface area contributed by atoms with Gasteiger partial charge in [0.15, 0.2) is 0 Å². The summed E-state index contributed by atoms with van der Waals surface area (Å²) in [6, 6.07) is 0. The average molecular weight is 411 g/mol. The normalized spacial score (nSPS) is 50.1. The third kappa shape index (κ3) is 2.56. The molecule has 4 saturated carbocycles. The minimum Gasteiger partial charge on any atom is -0.300 e. The van der Waals surface area contributed by atoms with Gasteiger partial charge in [0.2, 0.25) is 0 Å². The molecule has 1 heteroatoms. The van der Waals surface area contributed by atoms with Crippen molar-refractivity contribution >= 4 is 5.78 Å². The molecule has 0 aliphatic heterocycles. The Bertz CT molecular complexity index is 762. The van der Waals surface area contributed by atoms with Crippen molar-refractivity contribution < 1.29 is 4.79 Å². The van der Waals surface area contributed by atoms with E-state index < -0.39 is 0 Å². The lowest BCUT2D eigenvalue weighted by Gasteiger charge is -2.61. The van der Waals surface area contributed by atoms with Gasteiger partial charge in [-0.2, -0.15) is 0 Å². The maximum absolute atomic E-state index is 12.6. The van der Waals surface area contributed by atoms with E-state index in [1.54, 1.807) is 12.0 Å². The van der Waals surface area contributed by atoms with Gasteiger partial charge in [0.25, 0.3) is 0 Å². The predicted octanol–water partition coefficient (Wildman–Crippen LogP) is 7.99. The fourth-order valence-corrected chi connectivity index (χ4v) is 10.6. The molecule has 5 aliphatic rings. The van der Waals surface area contributed by atoms with Gasteiger partial charge < -0.3 is 0 Å². The van der Waals surface area contributed by atoms with Gasteiger partial charge >= 0.3 is 0 Å². The van der Waals surface area contributed by atoms with E-state index in [9.17, 15) is 4.79 Å². The molecule has 0 amide bonds. The van der Waals surface area contributed by atoms with Crippen LogP contribution in [-0.4, -0.2) is 5.78 Å². The Morgan fingerprint density at radius 1 is 0.967 bits per heavy atom. The predicted molar refractivity (Wildman–Crippen MR) is 125 cm³/mol. The van der Waals surface area contributed by atoms with Gasteiger partial charge in [-0.05, 0) is 116 Å². The van der Waals surface area contributed by atoms with Gasteiger partial charge in [-0.25, -0.2) is 0 Å². The van der Waals surface area contributed by atoms with Gasteiger partial charge in [-0.15, -0.1) is 0 Å². The van der Waals surface area contributed by atoms with Gasteiger partial charge in [-0.3, -0.25) is 4.79 Å². The second-order valence-corrected chi connectivity index (χ2v) is 13.5. The van der Waals surface area contributed by atoms with Crippen LogP contribution in [0.4, 0.5) is 0 Å². The van der Waals surface area contributed by atoms with E-state index >= 15 is 0 Å². The smallest absolute Gasteiger partial charge is 0.133 e. The fraction of sp³-hybridized carbons (Fsp3) is 0.897. The first-order chi connectivity index (χ1) is 14.1. The van der Waals surface area contributed by atoms with Crippen molar-refractivity contribution in [2.24, 2.45) is 51.2 Å². The van der Waals surface area contributed by atoms with Gasteiger partial charge in [0.1, 0.15) is 5.78 Å². The Kier molecular flexibility index (Phi) is 4.75. The molecule has 8 unspecified atom stereocenters. The number of hydrogen-bond acceptors (Lipinski definition) is 1. The highest BCUT2D eigenvalue weighted by atomic mass is 16.1. The zero-order valence-electron chi connectivity index (χ0n) is 20.7. The summed E-state index contributed by atoms with van der Waals surface area (Å²) < 4.78 is 0. The third-order valence-electron chi connectivity index (χ3n) is 12.0. The Labute approximate surface area is 185 Å². The summed E-state index contributed by atoms with van der Waals surface area (Å²) >= 11 is 0. The Hall–Kier alpha value is -0.590. The number of ketones is 1. The quantitative estimate of drug-likeness (QED) is 0.420. The average Bonchev–Trinajstić information content (AvgIpc) is 3.22. The number of rotatable bonds is 5. The van der Waals surface area contributed by atoms with Crippen LogP contribution >= 0.6 is 0 Å². The van der Waals surface area contributed by atoms with E-state index in [1.165, 1.54) is 51.4 Å². The first-order valence-electron chi connectivity index (χ1n) is 13.3. The summed E-state index contributed by atoms with van der Waals surface area (Å²) in [5, 5.41) is 0. The van der Waals surface area contributed by atoms with Gasteiger partial charge in [-0.1, -0.05) is 46.3 Å². The summed E-state index contributed by atoms with van der Waals surface area (Å²) in [7, 11) is 0. The lowest BCUT2D eigenvalue weighted by molar-refractivity contribution is -0.128. The van der Waals surface area contributed by atoms with Crippen LogP contribution in [0.15, 0.2) is 11.6 Å². The molecule has 0 aromatic rings. The molecule has 1 nitrogen and oxygen atoms in total. The molecule has 8 atom stereocenters. The lowest BCUT2D eigenvalue weighted by Crippen LogP contribution is -2.54. The third-order valence-corrected chi connectivity index (χ3v) is 12.0. The van der Waals surface area contributed by atoms with Crippen molar-refractivity contribution in [2.75, 3.05) is 0 Å². The highest BCUT2D eigenvalue weighted by molar-refractivity contribution is 5.78. The van der Waals surface area contributed by atoms with Crippen LogP contribution in [0.25, 0.3) is 0 Å². The molecule has 0 radical (unpaired) electrons. The monoisotopic (exact) mass is 410 g/mol. The molecule has 0 heterocycles. The van der Waals surface area contributed by atoms with Crippen LogP contribution in [0.2, 0.25) is 0 Å². The second-order valence-electron chi connectivity index (χ2n) is 13.5. The molecule has 0 saturated heterocycles. The van der Waals surface area contributed by atoms with E-state index in [0.29, 0.717) is 39.3 Å². The minimum absolute atomic E-state index is 0.441. The van der Waals surface area contributed by atoms with Crippen molar-refractivity contribution in [3.8, 4) is 0 Å². The van der Waals surface area contributed by atoms with E-state index in [4.69, 9.17) is 0 Å². The molecule has 168 valence electrons. The number of carbonyl (C=O) groups excluding carboxylic acids is 1. The molecule has 4 fully saturated rings. The summed E-state index contributed by atoms with van der Waals surface area (Å²) in [6.07, 6.45) is 17.1. The molecular formula is C29H46O. The van der Waals surface area contributed by atoms with Gasteiger partial charge in [0, 0.05) is 12.8 Å². The van der Waals surface area contributed by atoms with Crippen LogP contribution in [0.5, 0.6) is 0 Å². The van der Waals surface area contributed by atoms with Gasteiger partial charge in [0.05, 0.1) is 0 Å². The Balaban J connectivity index is 1.39. The van der Waals surface area contributed by atoms with Crippen LogP contribution in [0, 0.1) is 51.2 Å². The second kappa shape index (κ2) is 6.71. The molecule has 0 aromatic heterocycles. The van der Waals surface area contributed by atoms with E-state index in [1.807, 2.05) is 0 Å². The zero-order chi connectivity index (χ0) is 21.5. The van der Waals surface area contributed by atoms with Crippen molar-refractivity contribution in [3.05, 3.63) is 11.6 Å². The van der Waals surface area contributed by atoms with E-state index in [-0.39, 0.29) is 0 Å². The molecule has 5 aliphatic carbocycles. The van der Waals surface area contributed by atoms with Crippen LogP contribution in [0.3, 0.4) is 0 Å². The number of Topliss-reactive ketones (excluding diaryl/α,β-unsaturated/α-hetero) is 1. The van der Waals surface area contributed by atoms with Crippen molar-refractivity contribution in [3.63, 3.8) is 0 Å². The van der Waals surface area contributed by atoms with Crippen molar-refractivity contribution in [1.29, 1.82) is 0 Å². The summed E-state index contributed by atoms with van der Waals surface area (Å²) in [5.41, 5.74) is 4.02. The minimum atomic E-state index is 0.441. The summed E-state index contributed by atoms with van der Waals surface area (Å²) in [5.74, 6) is 4.15. The number of allylic oxidation sites excluding steroid dienone is 2. The lowest BCUT2D eigenvalue weighted by atomic mass is 9.43. The molecular weight excluding hydrogens is 364 g/mol. The molecule has 5 rings (SSSR count). The van der Waals surface area contributed by atoms with Crippen LogP contribution in [-0.2, 0) is 4.79 Å². The molecule has 30 heavy (non-hydrogen) atoms. The van der Waals surface area contributed by atoms with Crippen LogP contribution < -0.4 is 0 Å². The Morgan fingerprint density at radius 2 is 1.73 bits per heavy atom. The standard InChI is InChI=1S/C29H46O/c1-19(2)16-22(30)17-21(4)23-11-13-27(6)25-10-9-24-20(3)8-7-12-28(24)18-29(25,28)15-14-26(23,27)5/h8,19,21,23-25H,7,9-18H2,1-6H3. The summed E-state index contributed by atoms with van der Waals surface area (Å²) in [4.78, 5) is 12.6. The molecule has 2 spiro atoms. The molecule has 0 N–H and O–H groups in total. The summed E-state index contributed by atoms with van der Waals surface area (Å²) in [6.45, 7) is 14.6. The number of hydrogen-bond donors (Lipinski definition) is 0. The first kappa shape index (κ1) is 21.3. The first-order valence-corrected chi connectivity index (χ1v) is 13.3. The van der Waals surface area contributed by atoms with E-state index in [0.717, 1.165) is 30.6 Å². The number of fused-ring (bicyclic) bond motifs is 2. The fourth-order valence-electron chi connectivity index (χ4n) is 10.6. The topological polar surface area (TPSA) is 17.1 Å². The van der Waals surface area contributed by atoms with Crippen molar-refractivity contribution in [2.45, 2.75) is 112 Å². The van der Waals surface area contributed by atoms with Crippen LogP contribution in [0.1, 0.15) is 112 Å².